The number of nitrogens with one attached hydrogen (secondary N) is 2. The number of rotatable bonds is 5. The Labute approximate surface area is 142 Å². The lowest BCUT2D eigenvalue weighted by molar-refractivity contribution is 0.0922. The molecule has 1 aliphatic rings. The molecule has 0 saturated heterocycles. The fourth-order valence-electron chi connectivity index (χ4n) is 3.01. The van der Waals surface area contributed by atoms with Gasteiger partial charge in [-0.25, -0.2) is 4.98 Å². The van der Waals surface area contributed by atoms with Crippen molar-refractivity contribution in [3.05, 3.63) is 48.3 Å². The van der Waals surface area contributed by atoms with E-state index in [0.717, 1.165) is 30.0 Å². The summed E-state index contributed by atoms with van der Waals surface area (Å²) in [4.78, 5) is 16.5. The highest BCUT2D eigenvalue weighted by molar-refractivity contribution is 5.92. The maximum atomic E-state index is 12.3. The fraction of sp³-hybridized carbons (Fsp3) is 0.368. The van der Waals surface area contributed by atoms with Crippen molar-refractivity contribution in [1.29, 1.82) is 0 Å². The Morgan fingerprint density at radius 2 is 1.92 bits per heavy atom. The lowest BCUT2D eigenvalue weighted by Gasteiger charge is -2.22. The van der Waals surface area contributed by atoms with E-state index in [-0.39, 0.29) is 5.91 Å². The zero-order chi connectivity index (χ0) is 16.8. The molecule has 24 heavy (non-hydrogen) atoms. The molecule has 1 aliphatic carbocycles. The maximum absolute atomic E-state index is 12.3. The van der Waals surface area contributed by atoms with Crippen LogP contribution in [0.3, 0.4) is 0 Å². The fourth-order valence-corrected chi connectivity index (χ4v) is 3.01. The number of carbonyl (C=O) groups is 1. The van der Waals surface area contributed by atoms with Crippen molar-refractivity contribution in [2.75, 3.05) is 12.4 Å². The Balaban J connectivity index is 1.63. The molecule has 0 atom stereocenters. The van der Waals surface area contributed by atoms with Crippen molar-refractivity contribution in [3.63, 3.8) is 0 Å². The van der Waals surface area contributed by atoms with E-state index in [2.05, 4.69) is 15.6 Å². The molecule has 1 fully saturated rings. The predicted molar refractivity (Wildman–Crippen MR) is 94.9 cm³/mol. The van der Waals surface area contributed by atoms with Crippen LogP contribution in [0.5, 0.6) is 5.75 Å². The number of carbonyl (C=O) groups excluding carboxylic acids is 1. The largest absolute Gasteiger partial charge is 0.495 e. The number of hydrogen-bond acceptors (Lipinski definition) is 4. The summed E-state index contributed by atoms with van der Waals surface area (Å²) < 4.78 is 5.32. The molecule has 1 aromatic carbocycles. The summed E-state index contributed by atoms with van der Waals surface area (Å²) in [5, 5.41) is 6.33. The third-order valence-electron chi connectivity index (χ3n) is 4.32. The minimum Gasteiger partial charge on any atom is -0.495 e. The normalized spacial score (nSPS) is 14.9. The highest BCUT2D eigenvalue weighted by Crippen LogP contribution is 2.26. The molecule has 3 rings (SSSR count). The van der Waals surface area contributed by atoms with Crippen molar-refractivity contribution >= 4 is 17.3 Å². The zero-order valence-corrected chi connectivity index (χ0v) is 13.9. The quantitative estimate of drug-likeness (QED) is 0.875. The Hall–Kier alpha value is -2.56. The summed E-state index contributed by atoms with van der Waals surface area (Å²) >= 11 is 0. The molecule has 1 saturated carbocycles. The van der Waals surface area contributed by atoms with Gasteiger partial charge in [0.15, 0.2) is 0 Å². The molecule has 2 N–H and O–H groups in total. The summed E-state index contributed by atoms with van der Waals surface area (Å²) in [7, 11) is 1.64. The number of hydrogen-bond donors (Lipinski definition) is 2. The van der Waals surface area contributed by atoms with Crippen molar-refractivity contribution in [3.8, 4) is 5.75 Å². The van der Waals surface area contributed by atoms with Gasteiger partial charge >= 0.3 is 0 Å². The van der Waals surface area contributed by atoms with Gasteiger partial charge in [-0.15, -0.1) is 0 Å². The van der Waals surface area contributed by atoms with E-state index in [9.17, 15) is 4.79 Å². The van der Waals surface area contributed by atoms with Gasteiger partial charge in [0.05, 0.1) is 24.7 Å². The van der Waals surface area contributed by atoms with E-state index in [1.807, 2.05) is 30.3 Å². The van der Waals surface area contributed by atoms with E-state index in [0.29, 0.717) is 11.7 Å². The number of amides is 1. The van der Waals surface area contributed by atoms with E-state index in [4.69, 9.17) is 4.74 Å². The minimum atomic E-state index is -0.0919. The van der Waals surface area contributed by atoms with Crippen LogP contribution in [0.2, 0.25) is 0 Å². The average molecular weight is 325 g/mol. The van der Waals surface area contributed by atoms with Crippen LogP contribution in [0.4, 0.5) is 11.4 Å². The van der Waals surface area contributed by atoms with E-state index >= 15 is 0 Å². The number of anilines is 2. The molecular weight excluding hydrogens is 302 g/mol. The monoisotopic (exact) mass is 325 g/mol. The number of para-hydroxylation sites is 2. The molecule has 0 radical (unpaired) electrons. The molecule has 126 valence electrons. The first-order chi connectivity index (χ1) is 11.8. The lowest BCUT2D eigenvalue weighted by Crippen LogP contribution is -2.36. The summed E-state index contributed by atoms with van der Waals surface area (Å²) in [6, 6.07) is 11.6. The molecular formula is C19H23N3O2. The Morgan fingerprint density at radius 1 is 1.12 bits per heavy atom. The minimum absolute atomic E-state index is 0.0919. The third kappa shape index (κ3) is 4.04. The van der Waals surface area contributed by atoms with Gasteiger partial charge in [0.2, 0.25) is 0 Å². The Kier molecular flexibility index (Phi) is 5.31. The molecule has 0 unspecified atom stereocenters. The molecule has 2 aromatic rings. The first-order valence-corrected chi connectivity index (χ1v) is 8.43. The van der Waals surface area contributed by atoms with Crippen LogP contribution in [0.1, 0.15) is 42.6 Å². The van der Waals surface area contributed by atoms with Crippen LogP contribution in [0.15, 0.2) is 42.6 Å². The molecule has 0 bridgehead atoms. The smallest absolute Gasteiger partial charge is 0.270 e. The van der Waals surface area contributed by atoms with Gasteiger partial charge in [0.1, 0.15) is 11.4 Å². The van der Waals surface area contributed by atoms with Gasteiger partial charge in [0.25, 0.3) is 5.91 Å². The summed E-state index contributed by atoms with van der Waals surface area (Å²) in [6.07, 6.45) is 7.47. The number of aromatic nitrogens is 1. The van der Waals surface area contributed by atoms with Gasteiger partial charge in [-0.2, -0.15) is 0 Å². The van der Waals surface area contributed by atoms with Crippen molar-refractivity contribution in [2.45, 2.75) is 38.1 Å². The van der Waals surface area contributed by atoms with Gasteiger partial charge in [-0.3, -0.25) is 4.79 Å². The van der Waals surface area contributed by atoms with Gasteiger partial charge in [-0.1, -0.05) is 31.4 Å². The Morgan fingerprint density at radius 3 is 2.62 bits per heavy atom. The number of nitrogens with zero attached hydrogens (tertiary/aromatic N) is 1. The molecule has 0 spiro atoms. The van der Waals surface area contributed by atoms with Crippen LogP contribution >= 0.6 is 0 Å². The summed E-state index contributed by atoms with van der Waals surface area (Å²) in [5.74, 6) is 0.669. The van der Waals surface area contributed by atoms with Crippen LogP contribution in [0.25, 0.3) is 0 Å². The highest BCUT2D eigenvalue weighted by atomic mass is 16.5. The number of ether oxygens (including phenoxy) is 1. The maximum Gasteiger partial charge on any atom is 0.270 e. The third-order valence-corrected chi connectivity index (χ3v) is 4.32. The molecule has 5 nitrogen and oxygen atoms in total. The first kappa shape index (κ1) is 16.3. The van der Waals surface area contributed by atoms with Gasteiger partial charge in [-0.05, 0) is 37.1 Å². The van der Waals surface area contributed by atoms with Crippen molar-refractivity contribution in [2.24, 2.45) is 0 Å². The second kappa shape index (κ2) is 7.81. The highest BCUT2D eigenvalue weighted by Gasteiger charge is 2.17. The topological polar surface area (TPSA) is 63.2 Å². The molecule has 1 heterocycles. The summed E-state index contributed by atoms with van der Waals surface area (Å²) in [5.41, 5.74) is 2.13. The number of methoxy groups -OCH3 is 1. The van der Waals surface area contributed by atoms with E-state index < -0.39 is 0 Å². The number of benzene rings is 1. The molecule has 1 aromatic heterocycles. The second-order valence-electron chi connectivity index (χ2n) is 6.07. The van der Waals surface area contributed by atoms with Gasteiger partial charge < -0.3 is 15.4 Å². The second-order valence-corrected chi connectivity index (χ2v) is 6.07. The SMILES string of the molecule is COc1ccccc1Nc1ccc(C(=O)NC2CCCCC2)nc1. The van der Waals surface area contributed by atoms with Crippen LogP contribution < -0.4 is 15.4 Å². The van der Waals surface area contributed by atoms with Crippen molar-refractivity contribution in [1.82, 2.24) is 10.3 Å². The lowest BCUT2D eigenvalue weighted by atomic mass is 9.95. The van der Waals surface area contributed by atoms with Crippen LogP contribution in [-0.2, 0) is 0 Å². The van der Waals surface area contributed by atoms with Crippen molar-refractivity contribution < 1.29 is 9.53 Å². The average Bonchev–Trinajstić information content (AvgIpc) is 2.63. The zero-order valence-electron chi connectivity index (χ0n) is 13.9. The van der Waals surface area contributed by atoms with E-state index in [1.54, 1.807) is 19.4 Å². The number of pyridine rings is 1. The summed E-state index contributed by atoms with van der Waals surface area (Å²) in [6.45, 7) is 0. The van der Waals surface area contributed by atoms with Crippen LogP contribution in [0, 0.1) is 0 Å². The standard InChI is InChI=1S/C19H23N3O2/c1-24-18-10-6-5-9-16(18)21-15-11-12-17(20-13-15)19(23)22-14-7-3-2-4-8-14/h5-6,9-14,21H,2-4,7-8H2,1H3,(H,22,23). The molecule has 1 amide bonds. The first-order valence-electron chi connectivity index (χ1n) is 8.43. The molecule has 0 aliphatic heterocycles. The van der Waals surface area contributed by atoms with Crippen LogP contribution in [-0.4, -0.2) is 24.0 Å². The van der Waals surface area contributed by atoms with Gasteiger partial charge in [0, 0.05) is 6.04 Å². The molecule has 5 heteroatoms. The van der Waals surface area contributed by atoms with E-state index in [1.165, 1.54) is 19.3 Å². The predicted octanol–water partition coefficient (Wildman–Crippen LogP) is 3.90. The Bertz CT molecular complexity index is 679.